The normalized spacial score (nSPS) is 12.0. The third kappa shape index (κ3) is 3.20. The molecular weight excluding hydrogens is 348 g/mol. The predicted molar refractivity (Wildman–Crippen MR) is 99.2 cm³/mol. The highest BCUT2D eigenvalue weighted by atomic mass is 32.2. The molecule has 4 rings (SSSR count). The molecule has 0 saturated heterocycles. The highest BCUT2D eigenvalue weighted by Gasteiger charge is 2.21. The number of nitrogens with zero attached hydrogens (tertiary/aromatic N) is 6. The monoisotopic (exact) mass is 366 g/mol. The van der Waals surface area contributed by atoms with Crippen LogP contribution in [-0.4, -0.2) is 29.9 Å². The Balaban J connectivity index is 1.60. The molecule has 0 radical (unpaired) electrons. The Morgan fingerprint density at radius 1 is 1.08 bits per heavy atom. The van der Waals surface area contributed by atoms with Crippen molar-refractivity contribution < 1.29 is 4.42 Å². The van der Waals surface area contributed by atoms with Gasteiger partial charge < -0.3 is 4.42 Å². The van der Waals surface area contributed by atoms with Gasteiger partial charge in [-0.15, -0.1) is 10.2 Å². The van der Waals surface area contributed by atoms with Gasteiger partial charge in [-0.2, -0.15) is 5.10 Å². The summed E-state index contributed by atoms with van der Waals surface area (Å²) in [5.41, 5.74) is 1.58. The Morgan fingerprint density at radius 2 is 1.88 bits per heavy atom. The van der Waals surface area contributed by atoms with Crippen LogP contribution >= 0.6 is 11.8 Å². The van der Waals surface area contributed by atoms with E-state index in [1.807, 2.05) is 55.8 Å². The lowest BCUT2D eigenvalue weighted by molar-refractivity contribution is 0.378. The average molecular weight is 366 g/mol. The number of para-hydroxylation sites is 1. The van der Waals surface area contributed by atoms with Gasteiger partial charge in [-0.05, 0) is 12.1 Å². The van der Waals surface area contributed by atoms with E-state index in [0.717, 1.165) is 21.7 Å². The maximum atomic E-state index is 5.75. The van der Waals surface area contributed by atoms with E-state index in [4.69, 9.17) is 4.42 Å². The van der Waals surface area contributed by atoms with Crippen molar-refractivity contribution in [1.29, 1.82) is 0 Å². The predicted octanol–water partition coefficient (Wildman–Crippen LogP) is 3.79. The van der Waals surface area contributed by atoms with E-state index >= 15 is 0 Å². The minimum Gasteiger partial charge on any atom is -0.424 e. The number of fused-ring (bicyclic) bond motifs is 1. The van der Waals surface area contributed by atoms with Crippen LogP contribution in [0.5, 0.6) is 0 Å². The van der Waals surface area contributed by atoms with Gasteiger partial charge in [0.2, 0.25) is 11.8 Å². The highest BCUT2D eigenvalue weighted by Crippen LogP contribution is 2.29. The van der Waals surface area contributed by atoms with Crippen molar-refractivity contribution >= 4 is 22.8 Å². The lowest BCUT2D eigenvalue weighted by Crippen LogP contribution is -2.11. The molecule has 7 nitrogen and oxygen atoms in total. The van der Waals surface area contributed by atoms with Crippen LogP contribution in [0.25, 0.3) is 16.7 Å². The van der Waals surface area contributed by atoms with Gasteiger partial charge in [0.05, 0.1) is 23.0 Å². The summed E-state index contributed by atoms with van der Waals surface area (Å²) in [6, 6.07) is 9.91. The molecule has 1 aromatic carbocycles. The average Bonchev–Trinajstić information content (AvgIpc) is 3.28. The Labute approximate surface area is 154 Å². The SMILES string of the molecule is CC(C)(C)c1nnc(CSc2ncnc3c2cnn3-c2ccccc2)o1. The van der Waals surface area contributed by atoms with E-state index in [0.29, 0.717) is 17.5 Å². The fourth-order valence-electron chi connectivity index (χ4n) is 2.44. The molecule has 0 bridgehead atoms. The molecule has 132 valence electrons. The van der Waals surface area contributed by atoms with Gasteiger partial charge in [-0.3, -0.25) is 0 Å². The first-order valence-electron chi connectivity index (χ1n) is 8.22. The molecule has 0 unspecified atom stereocenters. The standard InChI is InChI=1S/C18H18N6OS/c1-18(2,3)17-23-22-14(25-17)10-26-16-13-9-21-24(15(13)19-11-20-16)12-7-5-4-6-8-12/h4-9,11H,10H2,1-3H3. The molecule has 4 aromatic rings. The molecule has 3 aromatic heterocycles. The van der Waals surface area contributed by atoms with Gasteiger partial charge in [-0.1, -0.05) is 50.7 Å². The molecule has 0 atom stereocenters. The van der Waals surface area contributed by atoms with Gasteiger partial charge in [0.15, 0.2) is 5.65 Å². The number of hydrogen-bond donors (Lipinski definition) is 0. The van der Waals surface area contributed by atoms with Crippen LogP contribution in [0.4, 0.5) is 0 Å². The van der Waals surface area contributed by atoms with Gasteiger partial charge in [0.1, 0.15) is 11.4 Å². The highest BCUT2D eigenvalue weighted by molar-refractivity contribution is 7.98. The fourth-order valence-corrected chi connectivity index (χ4v) is 3.24. The zero-order valence-corrected chi connectivity index (χ0v) is 15.6. The van der Waals surface area contributed by atoms with Crippen LogP contribution in [0, 0.1) is 0 Å². The van der Waals surface area contributed by atoms with Gasteiger partial charge in [-0.25, -0.2) is 14.6 Å². The summed E-state index contributed by atoms with van der Waals surface area (Å²) in [5.74, 6) is 1.77. The second-order valence-corrected chi connectivity index (χ2v) is 7.81. The van der Waals surface area contributed by atoms with Crippen LogP contribution in [-0.2, 0) is 11.2 Å². The Hall–Kier alpha value is -2.74. The molecule has 8 heteroatoms. The molecule has 0 aliphatic rings. The Bertz CT molecular complexity index is 1030. The maximum absolute atomic E-state index is 5.75. The molecule has 0 fully saturated rings. The van der Waals surface area contributed by atoms with Crippen molar-refractivity contribution in [2.24, 2.45) is 0 Å². The van der Waals surface area contributed by atoms with E-state index in [1.165, 1.54) is 11.8 Å². The number of aromatic nitrogens is 6. The molecule has 0 N–H and O–H groups in total. The molecule has 0 aliphatic carbocycles. The molecule has 3 heterocycles. The smallest absolute Gasteiger partial charge is 0.226 e. The maximum Gasteiger partial charge on any atom is 0.226 e. The summed E-state index contributed by atoms with van der Waals surface area (Å²) in [6.07, 6.45) is 3.35. The summed E-state index contributed by atoms with van der Waals surface area (Å²) in [6.45, 7) is 6.14. The van der Waals surface area contributed by atoms with E-state index in [-0.39, 0.29) is 5.41 Å². The van der Waals surface area contributed by atoms with Crippen molar-refractivity contribution in [3.05, 3.63) is 54.6 Å². The second-order valence-electron chi connectivity index (χ2n) is 6.85. The third-order valence-corrected chi connectivity index (χ3v) is 4.76. The summed E-state index contributed by atoms with van der Waals surface area (Å²) in [5, 5.41) is 14.5. The Kier molecular flexibility index (Phi) is 4.20. The van der Waals surface area contributed by atoms with Crippen molar-refractivity contribution in [1.82, 2.24) is 29.9 Å². The summed E-state index contributed by atoms with van der Waals surface area (Å²) in [7, 11) is 0. The first kappa shape index (κ1) is 16.7. The molecule has 0 aliphatic heterocycles. The number of hydrogen-bond acceptors (Lipinski definition) is 7. The molecular formula is C18H18N6OS. The van der Waals surface area contributed by atoms with Crippen LogP contribution < -0.4 is 0 Å². The van der Waals surface area contributed by atoms with Crippen LogP contribution in [0.1, 0.15) is 32.6 Å². The molecule has 26 heavy (non-hydrogen) atoms. The largest absolute Gasteiger partial charge is 0.424 e. The summed E-state index contributed by atoms with van der Waals surface area (Å²) < 4.78 is 7.56. The Morgan fingerprint density at radius 3 is 2.62 bits per heavy atom. The first-order chi connectivity index (χ1) is 12.5. The number of rotatable bonds is 4. The third-order valence-electron chi connectivity index (χ3n) is 3.77. The molecule has 0 amide bonds. The van der Waals surface area contributed by atoms with Gasteiger partial charge in [0, 0.05) is 5.41 Å². The molecule has 0 spiro atoms. The van der Waals surface area contributed by atoms with E-state index in [9.17, 15) is 0 Å². The van der Waals surface area contributed by atoms with Crippen molar-refractivity contribution in [3.63, 3.8) is 0 Å². The van der Waals surface area contributed by atoms with Crippen LogP contribution in [0.2, 0.25) is 0 Å². The fraction of sp³-hybridized carbons (Fsp3) is 0.278. The van der Waals surface area contributed by atoms with Crippen LogP contribution in [0.3, 0.4) is 0 Å². The summed E-state index contributed by atoms with van der Waals surface area (Å²) in [4.78, 5) is 8.79. The minimum atomic E-state index is -0.158. The minimum absolute atomic E-state index is 0.158. The van der Waals surface area contributed by atoms with E-state index in [2.05, 4.69) is 25.3 Å². The zero-order chi connectivity index (χ0) is 18.1. The number of thioether (sulfide) groups is 1. The van der Waals surface area contributed by atoms with Crippen molar-refractivity contribution in [2.45, 2.75) is 37.0 Å². The lowest BCUT2D eigenvalue weighted by Gasteiger charge is -2.10. The number of benzene rings is 1. The van der Waals surface area contributed by atoms with Gasteiger partial charge in [0.25, 0.3) is 0 Å². The molecule has 0 saturated carbocycles. The van der Waals surface area contributed by atoms with E-state index in [1.54, 1.807) is 12.5 Å². The van der Waals surface area contributed by atoms with E-state index < -0.39 is 0 Å². The van der Waals surface area contributed by atoms with Crippen molar-refractivity contribution in [2.75, 3.05) is 0 Å². The quantitative estimate of drug-likeness (QED) is 0.401. The van der Waals surface area contributed by atoms with Crippen molar-refractivity contribution in [3.8, 4) is 5.69 Å². The summed E-state index contributed by atoms with van der Waals surface area (Å²) >= 11 is 1.53. The van der Waals surface area contributed by atoms with Crippen LogP contribution in [0.15, 0.2) is 52.3 Å². The topological polar surface area (TPSA) is 82.5 Å². The lowest BCUT2D eigenvalue weighted by atomic mass is 9.97. The van der Waals surface area contributed by atoms with Gasteiger partial charge >= 0.3 is 0 Å². The zero-order valence-electron chi connectivity index (χ0n) is 14.7. The first-order valence-corrected chi connectivity index (χ1v) is 9.21. The second kappa shape index (κ2) is 6.53.